The molecule has 1 N–H and O–H groups in total. The second-order valence-electron chi connectivity index (χ2n) is 5.02. The van der Waals surface area contributed by atoms with Crippen LogP contribution >= 0.6 is 0 Å². The number of carbonyl (C=O) groups excluding carboxylic acids is 1. The molecular weight excluding hydrogens is 242 g/mol. The fraction of sp³-hybridized carbons (Fsp3) is 0.533. The molecule has 1 saturated carbocycles. The number of amides is 1. The Kier molecular flexibility index (Phi) is 4.80. The SMILES string of the molecule is CCOCC(=O)NCC1(COc2ccccc2)CC1. The summed E-state index contributed by atoms with van der Waals surface area (Å²) in [5, 5.41) is 2.91. The van der Waals surface area contributed by atoms with Gasteiger partial charge in [0.25, 0.3) is 0 Å². The zero-order valence-corrected chi connectivity index (χ0v) is 11.4. The van der Waals surface area contributed by atoms with E-state index in [1.165, 1.54) is 0 Å². The third-order valence-electron chi connectivity index (χ3n) is 3.34. The highest BCUT2D eigenvalue weighted by molar-refractivity contribution is 5.77. The Balaban J connectivity index is 1.70. The molecule has 19 heavy (non-hydrogen) atoms. The van der Waals surface area contributed by atoms with Gasteiger partial charge in [0.2, 0.25) is 5.91 Å². The monoisotopic (exact) mass is 263 g/mol. The van der Waals surface area contributed by atoms with Gasteiger partial charge >= 0.3 is 0 Å². The molecule has 0 unspecified atom stereocenters. The Hall–Kier alpha value is -1.55. The molecule has 0 saturated heterocycles. The molecule has 0 aliphatic heterocycles. The van der Waals surface area contributed by atoms with Crippen LogP contribution in [0.15, 0.2) is 30.3 Å². The van der Waals surface area contributed by atoms with Gasteiger partial charge in [0.1, 0.15) is 12.4 Å². The van der Waals surface area contributed by atoms with Crippen LogP contribution in [0.3, 0.4) is 0 Å². The van der Waals surface area contributed by atoms with Gasteiger partial charge < -0.3 is 14.8 Å². The fourth-order valence-electron chi connectivity index (χ4n) is 1.83. The first-order valence-corrected chi connectivity index (χ1v) is 6.76. The number of hydrogen-bond donors (Lipinski definition) is 1. The van der Waals surface area contributed by atoms with Crippen LogP contribution < -0.4 is 10.1 Å². The Morgan fingerprint density at radius 3 is 2.68 bits per heavy atom. The van der Waals surface area contributed by atoms with Gasteiger partial charge in [0, 0.05) is 18.6 Å². The number of carbonyl (C=O) groups is 1. The van der Waals surface area contributed by atoms with E-state index in [0.29, 0.717) is 19.8 Å². The summed E-state index contributed by atoms with van der Waals surface area (Å²) >= 11 is 0. The minimum Gasteiger partial charge on any atom is -0.493 e. The largest absolute Gasteiger partial charge is 0.493 e. The van der Waals surface area contributed by atoms with E-state index in [9.17, 15) is 4.79 Å². The summed E-state index contributed by atoms with van der Waals surface area (Å²) in [7, 11) is 0. The molecule has 104 valence electrons. The second-order valence-corrected chi connectivity index (χ2v) is 5.02. The molecule has 0 heterocycles. The van der Waals surface area contributed by atoms with E-state index in [4.69, 9.17) is 9.47 Å². The fourth-order valence-corrected chi connectivity index (χ4v) is 1.83. The minimum atomic E-state index is -0.0483. The van der Waals surface area contributed by atoms with Crippen molar-refractivity contribution in [3.05, 3.63) is 30.3 Å². The van der Waals surface area contributed by atoms with Gasteiger partial charge in [0.05, 0.1) is 6.61 Å². The van der Waals surface area contributed by atoms with Crippen molar-refractivity contribution in [2.45, 2.75) is 19.8 Å². The van der Waals surface area contributed by atoms with Crippen LogP contribution in [0, 0.1) is 5.41 Å². The number of nitrogens with one attached hydrogen (secondary N) is 1. The van der Waals surface area contributed by atoms with Crippen molar-refractivity contribution >= 4 is 5.91 Å². The van der Waals surface area contributed by atoms with Crippen LogP contribution in [-0.2, 0) is 9.53 Å². The molecule has 1 fully saturated rings. The molecule has 0 radical (unpaired) electrons. The Bertz CT molecular complexity index is 401. The molecule has 0 atom stereocenters. The van der Waals surface area contributed by atoms with E-state index in [2.05, 4.69) is 5.32 Å². The number of para-hydroxylation sites is 1. The van der Waals surface area contributed by atoms with Crippen LogP contribution in [0.2, 0.25) is 0 Å². The molecule has 0 aromatic heterocycles. The van der Waals surface area contributed by atoms with E-state index in [1.54, 1.807) is 0 Å². The zero-order valence-electron chi connectivity index (χ0n) is 11.4. The summed E-state index contributed by atoms with van der Waals surface area (Å²) in [4.78, 5) is 11.5. The molecule has 2 rings (SSSR count). The average Bonchev–Trinajstić information content (AvgIpc) is 3.22. The number of hydrogen-bond acceptors (Lipinski definition) is 3. The Labute approximate surface area is 114 Å². The van der Waals surface area contributed by atoms with Crippen molar-refractivity contribution in [1.82, 2.24) is 5.32 Å². The lowest BCUT2D eigenvalue weighted by Crippen LogP contribution is -2.35. The number of ether oxygens (including phenoxy) is 2. The molecule has 1 aliphatic rings. The molecule has 0 bridgehead atoms. The van der Waals surface area contributed by atoms with E-state index in [1.807, 2.05) is 37.3 Å². The maximum Gasteiger partial charge on any atom is 0.246 e. The van der Waals surface area contributed by atoms with Gasteiger partial charge in [-0.1, -0.05) is 18.2 Å². The predicted octanol–water partition coefficient (Wildman–Crippen LogP) is 2.00. The van der Waals surface area contributed by atoms with Crippen molar-refractivity contribution in [3.63, 3.8) is 0 Å². The van der Waals surface area contributed by atoms with Gasteiger partial charge in [-0.2, -0.15) is 0 Å². The first kappa shape index (κ1) is 13.9. The van der Waals surface area contributed by atoms with Crippen LogP contribution in [-0.4, -0.2) is 32.3 Å². The second kappa shape index (κ2) is 6.57. The van der Waals surface area contributed by atoms with E-state index in [-0.39, 0.29) is 17.9 Å². The lowest BCUT2D eigenvalue weighted by Gasteiger charge is -2.17. The number of benzene rings is 1. The molecular formula is C15H21NO3. The first-order chi connectivity index (χ1) is 9.24. The van der Waals surface area contributed by atoms with Crippen LogP contribution in [0.4, 0.5) is 0 Å². The van der Waals surface area contributed by atoms with Crippen molar-refractivity contribution in [1.29, 1.82) is 0 Å². The van der Waals surface area contributed by atoms with E-state index < -0.39 is 0 Å². The quantitative estimate of drug-likeness (QED) is 0.780. The summed E-state index contributed by atoms with van der Waals surface area (Å²) < 4.78 is 10.8. The highest BCUT2D eigenvalue weighted by Gasteiger charge is 2.43. The molecule has 1 amide bonds. The molecule has 1 aliphatic carbocycles. The summed E-state index contributed by atoms with van der Waals surface area (Å²) in [6.45, 7) is 3.92. The third-order valence-corrected chi connectivity index (χ3v) is 3.34. The smallest absolute Gasteiger partial charge is 0.246 e. The Morgan fingerprint density at radius 2 is 2.05 bits per heavy atom. The topological polar surface area (TPSA) is 47.6 Å². The summed E-state index contributed by atoms with van der Waals surface area (Å²) in [6, 6.07) is 9.78. The average molecular weight is 263 g/mol. The summed E-state index contributed by atoms with van der Waals surface area (Å²) in [6.07, 6.45) is 2.21. The standard InChI is InChI=1S/C15H21NO3/c1-2-18-10-14(17)16-11-15(8-9-15)12-19-13-6-4-3-5-7-13/h3-7H,2,8-12H2,1H3,(H,16,17). The highest BCUT2D eigenvalue weighted by atomic mass is 16.5. The lowest BCUT2D eigenvalue weighted by atomic mass is 10.1. The summed E-state index contributed by atoms with van der Waals surface area (Å²) in [5.41, 5.74) is 0.123. The normalized spacial score (nSPS) is 15.8. The molecule has 4 heteroatoms. The maximum absolute atomic E-state index is 11.5. The van der Waals surface area contributed by atoms with Crippen LogP contribution in [0.5, 0.6) is 5.75 Å². The zero-order chi connectivity index (χ0) is 13.6. The van der Waals surface area contributed by atoms with Gasteiger partial charge in [0.15, 0.2) is 0 Å². The number of rotatable bonds is 8. The molecule has 4 nitrogen and oxygen atoms in total. The first-order valence-electron chi connectivity index (χ1n) is 6.76. The molecule has 0 spiro atoms. The lowest BCUT2D eigenvalue weighted by molar-refractivity contribution is -0.125. The van der Waals surface area contributed by atoms with Gasteiger partial charge in [-0.05, 0) is 31.9 Å². The molecule has 1 aromatic rings. The predicted molar refractivity (Wildman–Crippen MR) is 73.1 cm³/mol. The summed E-state index contributed by atoms with van der Waals surface area (Å²) in [5.74, 6) is 0.835. The van der Waals surface area contributed by atoms with Crippen molar-refractivity contribution in [3.8, 4) is 5.75 Å². The van der Waals surface area contributed by atoms with Crippen molar-refractivity contribution < 1.29 is 14.3 Å². The van der Waals surface area contributed by atoms with Crippen LogP contribution in [0.25, 0.3) is 0 Å². The minimum absolute atomic E-state index is 0.0483. The Morgan fingerprint density at radius 1 is 1.32 bits per heavy atom. The van der Waals surface area contributed by atoms with Crippen LogP contribution in [0.1, 0.15) is 19.8 Å². The van der Waals surface area contributed by atoms with E-state index in [0.717, 1.165) is 18.6 Å². The maximum atomic E-state index is 11.5. The van der Waals surface area contributed by atoms with E-state index >= 15 is 0 Å². The van der Waals surface area contributed by atoms with Crippen molar-refractivity contribution in [2.75, 3.05) is 26.4 Å². The molecule has 1 aromatic carbocycles. The van der Waals surface area contributed by atoms with Gasteiger partial charge in [-0.25, -0.2) is 0 Å². The highest BCUT2D eigenvalue weighted by Crippen LogP contribution is 2.45. The van der Waals surface area contributed by atoms with Gasteiger partial charge in [-0.3, -0.25) is 4.79 Å². The van der Waals surface area contributed by atoms with Crippen molar-refractivity contribution in [2.24, 2.45) is 5.41 Å². The third kappa shape index (κ3) is 4.56. The van der Waals surface area contributed by atoms with Gasteiger partial charge in [-0.15, -0.1) is 0 Å².